The number of hydrogen-bond acceptors (Lipinski definition) is 3. The Hall–Kier alpha value is -0.990. The number of methoxy groups -OCH3 is 1. The molecule has 0 aromatic carbocycles. The molecule has 0 aliphatic heterocycles. The van der Waals surface area contributed by atoms with Crippen LogP contribution in [0, 0.1) is 5.41 Å². The Morgan fingerprint density at radius 1 is 1.62 bits per heavy atom. The Bertz CT molecular complexity index is 207. The summed E-state index contributed by atoms with van der Waals surface area (Å²) in [6.07, 6.45) is 6.97. The van der Waals surface area contributed by atoms with E-state index in [-0.39, 0.29) is 5.97 Å². The van der Waals surface area contributed by atoms with E-state index < -0.39 is 0 Å². The zero-order valence-electron chi connectivity index (χ0n) is 8.30. The van der Waals surface area contributed by atoms with Crippen LogP contribution in [0.3, 0.4) is 0 Å². The molecule has 13 heavy (non-hydrogen) atoms. The molecule has 1 rings (SSSR count). The summed E-state index contributed by atoms with van der Waals surface area (Å²) in [7, 11) is 1.37. The van der Waals surface area contributed by atoms with E-state index in [1.165, 1.54) is 32.4 Å². The second kappa shape index (κ2) is 4.30. The van der Waals surface area contributed by atoms with Crippen molar-refractivity contribution in [1.82, 2.24) is 5.32 Å². The monoisotopic (exact) mass is 183 g/mol. The number of esters is 1. The molecule has 0 aromatic heterocycles. The summed E-state index contributed by atoms with van der Waals surface area (Å²) < 4.78 is 4.46. The molecule has 0 amide bonds. The van der Waals surface area contributed by atoms with Gasteiger partial charge in [0.05, 0.1) is 7.11 Å². The predicted octanol–water partition coefficient (Wildman–Crippen LogP) is 1.45. The summed E-state index contributed by atoms with van der Waals surface area (Å²) >= 11 is 0. The maximum absolute atomic E-state index is 10.7. The average Bonchev–Trinajstić information content (AvgIpc) is 2.09. The molecule has 3 nitrogen and oxygen atoms in total. The van der Waals surface area contributed by atoms with Gasteiger partial charge in [-0.05, 0) is 18.3 Å². The topological polar surface area (TPSA) is 38.3 Å². The van der Waals surface area contributed by atoms with Gasteiger partial charge in [0, 0.05) is 18.8 Å². The summed E-state index contributed by atoms with van der Waals surface area (Å²) in [5.74, 6) is -0.314. The van der Waals surface area contributed by atoms with Crippen molar-refractivity contribution in [2.24, 2.45) is 5.41 Å². The van der Waals surface area contributed by atoms with Gasteiger partial charge in [0.1, 0.15) is 0 Å². The van der Waals surface area contributed by atoms with E-state index in [0.717, 1.165) is 6.54 Å². The number of nitrogens with one attached hydrogen (secondary N) is 1. The highest BCUT2D eigenvalue weighted by molar-refractivity contribution is 5.81. The van der Waals surface area contributed by atoms with Crippen LogP contribution in [0.5, 0.6) is 0 Å². The Labute approximate surface area is 79.2 Å². The van der Waals surface area contributed by atoms with Crippen LogP contribution in [0.2, 0.25) is 0 Å². The second-order valence-electron chi connectivity index (χ2n) is 3.90. The number of carbonyl (C=O) groups is 1. The fraction of sp³-hybridized carbons (Fsp3) is 0.700. The first-order valence-corrected chi connectivity index (χ1v) is 4.64. The molecule has 0 radical (unpaired) electrons. The molecule has 3 heteroatoms. The zero-order valence-corrected chi connectivity index (χ0v) is 8.30. The average molecular weight is 183 g/mol. The molecule has 1 saturated carbocycles. The van der Waals surface area contributed by atoms with E-state index >= 15 is 0 Å². The van der Waals surface area contributed by atoms with Gasteiger partial charge in [-0.25, -0.2) is 4.79 Å². The van der Waals surface area contributed by atoms with Crippen LogP contribution >= 0.6 is 0 Å². The highest BCUT2D eigenvalue weighted by Crippen LogP contribution is 2.39. The van der Waals surface area contributed by atoms with Gasteiger partial charge in [-0.2, -0.15) is 0 Å². The van der Waals surface area contributed by atoms with E-state index in [2.05, 4.69) is 17.0 Å². The molecule has 0 saturated heterocycles. The van der Waals surface area contributed by atoms with Gasteiger partial charge in [-0.1, -0.05) is 13.3 Å². The van der Waals surface area contributed by atoms with Crippen molar-refractivity contribution in [3.8, 4) is 0 Å². The molecule has 74 valence electrons. The van der Waals surface area contributed by atoms with E-state index in [0.29, 0.717) is 5.41 Å². The van der Waals surface area contributed by atoms with Crippen molar-refractivity contribution in [3.05, 3.63) is 12.3 Å². The minimum atomic E-state index is -0.314. The van der Waals surface area contributed by atoms with E-state index in [9.17, 15) is 4.79 Å². The van der Waals surface area contributed by atoms with Crippen LogP contribution < -0.4 is 5.32 Å². The van der Waals surface area contributed by atoms with Gasteiger partial charge >= 0.3 is 5.97 Å². The van der Waals surface area contributed by atoms with Crippen molar-refractivity contribution in [2.75, 3.05) is 13.7 Å². The lowest BCUT2D eigenvalue weighted by atomic mass is 9.70. The van der Waals surface area contributed by atoms with E-state index in [1.54, 1.807) is 6.20 Å². The number of rotatable bonds is 4. The largest absolute Gasteiger partial charge is 0.466 e. The maximum Gasteiger partial charge on any atom is 0.331 e. The molecule has 0 bridgehead atoms. The molecular weight excluding hydrogens is 166 g/mol. The van der Waals surface area contributed by atoms with Crippen molar-refractivity contribution >= 4 is 5.97 Å². The van der Waals surface area contributed by atoms with Gasteiger partial charge in [0.15, 0.2) is 0 Å². The molecule has 1 N–H and O–H groups in total. The Morgan fingerprint density at radius 3 is 2.77 bits per heavy atom. The molecule has 0 heterocycles. The van der Waals surface area contributed by atoms with Gasteiger partial charge < -0.3 is 10.1 Å². The zero-order chi connectivity index (χ0) is 9.73. The molecule has 0 atom stereocenters. The molecule has 0 unspecified atom stereocenters. The fourth-order valence-electron chi connectivity index (χ4n) is 1.46. The van der Waals surface area contributed by atoms with Crippen LogP contribution in [0.4, 0.5) is 0 Å². The normalized spacial score (nSPS) is 19.5. The molecule has 0 aromatic rings. The minimum Gasteiger partial charge on any atom is -0.466 e. The first-order valence-electron chi connectivity index (χ1n) is 4.64. The summed E-state index contributed by atoms with van der Waals surface area (Å²) in [5, 5.41) is 3.11. The number of ether oxygens (including phenoxy) is 1. The number of hydrogen-bond donors (Lipinski definition) is 1. The molecular formula is C10H17NO2. The van der Waals surface area contributed by atoms with E-state index in [4.69, 9.17) is 0 Å². The first-order chi connectivity index (χ1) is 6.16. The standard InChI is InChI=1S/C10H17NO2/c1-10(5-3-6-10)8-11-7-4-9(12)13-2/h4,7,11H,3,5-6,8H2,1-2H3/b7-4+. The lowest BCUT2D eigenvalue weighted by Crippen LogP contribution is -2.35. The quantitative estimate of drug-likeness (QED) is 0.529. The molecule has 0 spiro atoms. The molecule has 1 aliphatic rings. The van der Waals surface area contributed by atoms with Gasteiger partial charge in [-0.3, -0.25) is 0 Å². The summed E-state index contributed by atoms with van der Waals surface area (Å²) in [5.41, 5.74) is 0.445. The summed E-state index contributed by atoms with van der Waals surface area (Å²) in [6, 6.07) is 0. The Kier molecular flexibility index (Phi) is 3.34. The first kappa shape index (κ1) is 10.1. The number of carbonyl (C=O) groups excluding carboxylic acids is 1. The second-order valence-corrected chi connectivity index (χ2v) is 3.90. The molecule has 1 aliphatic carbocycles. The fourth-order valence-corrected chi connectivity index (χ4v) is 1.46. The third-order valence-electron chi connectivity index (χ3n) is 2.63. The summed E-state index contributed by atoms with van der Waals surface area (Å²) in [6.45, 7) is 3.20. The van der Waals surface area contributed by atoms with Gasteiger partial charge in [0.2, 0.25) is 0 Å². The highest BCUT2D eigenvalue weighted by atomic mass is 16.5. The summed E-state index contributed by atoms with van der Waals surface area (Å²) in [4.78, 5) is 10.7. The van der Waals surface area contributed by atoms with Gasteiger partial charge in [-0.15, -0.1) is 0 Å². The van der Waals surface area contributed by atoms with Crippen molar-refractivity contribution in [3.63, 3.8) is 0 Å². The Balaban J connectivity index is 2.13. The van der Waals surface area contributed by atoms with E-state index in [1.807, 2.05) is 0 Å². The van der Waals surface area contributed by atoms with Crippen molar-refractivity contribution < 1.29 is 9.53 Å². The van der Waals surface area contributed by atoms with Crippen LogP contribution in [0.25, 0.3) is 0 Å². The third kappa shape index (κ3) is 3.09. The van der Waals surface area contributed by atoms with Crippen molar-refractivity contribution in [2.45, 2.75) is 26.2 Å². The maximum atomic E-state index is 10.7. The van der Waals surface area contributed by atoms with Crippen LogP contribution in [-0.2, 0) is 9.53 Å². The SMILES string of the molecule is COC(=O)/C=C/NCC1(C)CCC1. The smallest absolute Gasteiger partial charge is 0.331 e. The van der Waals surface area contributed by atoms with Crippen LogP contribution in [0.1, 0.15) is 26.2 Å². The lowest BCUT2D eigenvalue weighted by molar-refractivity contribution is -0.134. The van der Waals surface area contributed by atoms with Crippen LogP contribution in [-0.4, -0.2) is 19.6 Å². The molecule has 1 fully saturated rings. The van der Waals surface area contributed by atoms with Crippen molar-refractivity contribution in [1.29, 1.82) is 0 Å². The minimum absolute atomic E-state index is 0.314. The predicted molar refractivity (Wildman–Crippen MR) is 51.1 cm³/mol. The third-order valence-corrected chi connectivity index (χ3v) is 2.63. The van der Waals surface area contributed by atoms with Gasteiger partial charge in [0.25, 0.3) is 0 Å². The van der Waals surface area contributed by atoms with Crippen LogP contribution in [0.15, 0.2) is 12.3 Å². The lowest BCUT2D eigenvalue weighted by Gasteiger charge is -2.38. The highest BCUT2D eigenvalue weighted by Gasteiger charge is 2.30. The Morgan fingerprint density at radius 2 is 2.31 bits per heavy atom.